The largest absolute Gasteiger partial charge is 0.376 e. The van der Waals surface area contributed by atoms with Crippen molar-refractivity contribution in [2.45, 2.75) is 32.3 Å². The molecule has 88 valence electrons. The van der Waals surface area contributed by atoms with Crippen molar-refractivity contribution in [2.75, 3.05) is 13.2 Å². The molecular formula is C11H17N3O2. The van der Waals surface area contributed by atoms with E-state index in [1.165, 1.54) is 0 Å². The van der Waals surface area contributed by atoms with E-state index in [4.69, 9.17) is 4.74 Å². The van der Waals surface area contributed by atoms with E-state index < -0.39 is 0 Å². The minimum absolute atomic E-state index is 0.133. The maximum absolute atomic E-state index is 11.7. The first-order valence-electron chi connectivity index (χ1n) is 5.73. The van der Waals surface area contributed by atoms with Crippen LogP contribution in [0, 0.1) is 0 Å². The first kappa shape index (κ1) is 11.1. The average molecular weight is 223 g/mol. The summed E-state index contributed by atoms with van der Waals surface area (Å²) in [5, 5.41) is 9.61. The van der Waals surface area contributed by atoms with Crippen LogP contribution < -0.4 is 5.32 Å². The van der Waals surface area contributed by atoms with Gasteiger partial charge < -0.3 is 10.1 Å². The highest BCUT2D eigenvalue weighted by atomic mass is 16.5. The van der Waals surface area contributed by atoms with Crippen LogP contribution in [0.5, 0.6) is 0 Å². The van der Waals surface area contributed by atoms with Gasteiger partial charge in [-0.15, -0.1) is 0 Å². The Labute approximate surface area is 94.6 Å². The lowest BCUT2D eigenvalue weighted by atomic mass is 10.2. The van der Waals surface area contributed by atoms with Crippen molar-refractivity contribution in [1.29, 1.82) is 0 Å². The number of aromatic amines is 1. The first-order valence-corrected chi connectivity index (χ1v) is 5.73. The Morgan fingerprint density at radius 3 is 3.25 bits per heavy atom. The summed E-state index contributed by atoms with van der Waals surface area (Å²) in [7, 11) is 0. The van der Waals surface area contributed by atoms with Gasteiger partial charge in [-0.1, -0.05) is 6.92 Å². The van der Waals surface area contributed by atoms with Crippen molar-refractivity contribution in [2.24, 2.45) is 0 Å². The van der Waals surface area contributed by atoms with Gasteiger partial charge in [0.25, 0.3) is 5.91 Å². The second-order valence-corrected chi connectivity index (χ2v) is 3.98. The highest BCUT2D eigenvalue weighted by molar-refractivity contribution is 5.92. The molecule has 2 N–H and O–H groups in total. The molecule has 16 heavy (non-hydrogen) atoms. The standard InChI is InChI=1S/C11H17N3O2/c1-2-8-6-10(14-13-8)11(15)12-7-9-4-3-5-16-9/h6,9H,2-5,7H2,1H3,(H,12,15)(H,13,14). The topological polar surface area (TPSA) is 67.0 Å². The van der Waals surface area contributed by atoms with Crippen LogP contribution in [0.15, 0.2) is 6.07 Å². The summed E-state index contributed by atoms with van der Waals surface area (Å²) in [4.78, 5) is 11.7. The summed E-state index contributed by atoms with van der Waals surface area (Å²) < 4.78 is 5.42. The minimum atomic E-state index is -0.133. The van der Waals surface area contributed by atoms with E-state index in [1.54, 1.807) is 6.07 Å². The molecule has 1 atom stereocenters. The Kier molecular flexibility index (Phi) is 3.56. The van der Waals surface area contributed by atoms with E-state index in [0.29, 0.717) is 12.2 Å². The van der Waals surface area contributed by atoms with Gasteiger partial charge in [-0.3, -0.25) is 9.89 Å². The molecule has 2 rings (SSSR count). The zero-order chi connectivity index (χ0) is 11.4. The Hall–Kier alpha value is -1.36. The number of ether oxygens (including phenoxy) is 1. The van der Waals surface area contributed by atoms with Crippen LogP contribution in [-0.4, -0.2) is 35.4 Å². The Balaban J connectivity index is 1.82. The molecule has 1 aliphatic rings. The van der Waals surface area contributed by atoms with E-state index in [2.05, 4.69) is 15.5 Å². The monoisotopic (exact) mass is 223 g/mol. The molecule has 1 aliphatic heterocycles. The van der Waals surface area contributed by atoms with Crippen molar-refractivity contribution in [3.05, 3.63) is 17.5 Å². The fraction of sp³-hybridized carbons (Fsp3) is 0.636. The number of aryl methyl sites for hydroxylation is 1. The molecule has 0 aromatic carbocycles. The van der Waals surface area contributed by atoms with Crippen LogP contribution in [0.4, 0.5) is 0 Å². The lowest BCUT2D eigenvalue weighted by Gasteiger charge is -2.09. The van der Waals surface area contributed by atoms with Gasteiger partial charge >= 0.3 is 0 Å². The molecule has 1 aromatic rings. The second kappa shape index (κ2) is 5.12. The fourth-order valence-electron chi connectivity index (χ4n) is 1.76. The molecule has 0 radical (unpaired) electrons. The first-order chi connectivity index (χ1) is 7.79. The normalized spacial score (nSPS) is 19.9. The van der Waals surface area contributed by atoms with Gasteiger partial charge in [-0.05, 0) is 25.3 Å². The zero-order valence-electron chi connectivity index (χ0n) is 9.45. The summed E-state index contributed by atoms with van der Waals surface area (Å²) in [6.45, 7) is 3.40. The van der Waals surface area contributed by atoms with E-state index in [1.807, 2.05) is 6.92 Å². The lowest BCUT2D eigenvalue weighted by molar-refractivity contribution is 0.0853. The average Bonchev–Trinajstić information content (AvgIpc) is 2.96. The minimum Gasteiger partial charge on any atom is -0.376 e. The molecule has 2 heterocycles. The highest BCUT2D eigenvalue weighted by Gasteiger charge is 2.17. The molecule has 1 unspecified atom stereocenters. The summed E-state index contributed by atoms with van der Waals surface area (Å²) in [6, 6.07) is 1.78. The predicted octanol–water partition coefficient (Wildman–Crippen LogP) is 0.881. The molecule has 5 nitrogen and oxygen atoms in total. The third kappa shape index (κ3) is 2.61. The summed E-state index contributed by atoms with van der Waals surface area (Å²) >= 11 is 0. The van der Waals surface area contributed by atoms with Gasteiger partial charge in [0.2, 0.25) is 0 Å². The number of carbonyl (C=O) groups is 1. The summed E-state index contributed by atoms with van der Waals surface area (Å²) in [5.74, 6) is -0.133. The number of rotatable bonds is 4. The van der Waals surface area contributed by atoms with Crippen molar-refractivity contribution >= 4 is 5.91 Å². The molecular weight excluding hydrogens is 206 g/mol. The van der Waals surface area contributed by atoms with Gasteiger partial charge in [-0.2, -0.15) is 5.10 Å². The number of hydrogen-bond acceptors (Lipinski definition) is 3. The van der Waals surface area contributed by atoms with Crippen LogP contribution in [0.3, 0.4) is 0 Å². The second-order valence-electron chi connectivity index (χ2n) is 3.98. The number of hydrogen-bond donors (Lipinski definition) is 2. The molecule has 0 saturated carbocycles. The third-order valence-electron chi connectivity index (χ3n) is 2.76. The molecule has 1 fully saturated rings. The Morgan fingerprint density at radius 1 is 1.75 bits per heavy atom. The molecule has 0 spiro atoms. The molecule has 1 amide bonds. The van der Waals surface area contributed by atoms with Crippen molar-refractivity contribution in [3.63, 3.8) is 0 Å². The number of H-pyrrole nitrogens is 1. The van der Waals surface area contributed by atoms with Crippen molar-refractivity contribution < 1.29 is 9.53 Å². The van der Waals surface area contributed by atoms with Gasteiger partial charge in [0, 0.05) is 18.8 Å². The predicted molar refractivity (Wildman–Crippen MR) is 59.3 cm³/mol. The molecule has 1 aromatic heterocycles. The SMILES string of the molecule is CCc1cc(C(=O)NCC2CCCO2)n[nH]1. The quantitative estimate of drug-likeness (QED) is 0.796. The fourth-order valence-corrected chi connectivity index (χ4v) is 1.76. The molecule has 5 heteroatoms. The third-order valence-corrected chi connectivity index (χ3v) is 2.76. The highest BCUT2D eigenvalue weighted by Crippen LogP contribution is 2.10. The maximum Gasteiger partial charge on any atom is 0.271 e. The summed E-state index contributed by atoms with van der Waals surface area (Å²) in [6.07, 6.45) is 3.14. The van der Waals surface area contributed by atoms with Crippen LogP contribution in [0.1, 0.15) is 35.9 Å². The van der Waals surface area contributed by atoms with Crippen LogP contribution >= 0.6 is 0 Å². The van der Waals surface area contributed by atoms with E-state index in [-0.39, 0.29) is 12.0 Å². The van der Waals surface area contributed by atoms with Crippen molar-refractivity contribution in [1.82, 2.24) is 15.5 Å². The van der Waals surface area contributed by atoms with E-state index >= 15 is 0 Å². The number of nitrogens with one attached hydrogen (secondary N) is 2. The Bertz CT molecular complexity index is 356. The van der Waals surface area contributed by atoms with Gasteiger partial charge in [-0.25, -0.2) is 0 Å². The van der Waals surface area contributed by atoms with Crippen LogP contribution in [0.25, 0.3) is 0 Å². The maximum atomic E-state index is 11.7. The van der Waals surface area contributed by atoms with Crippen molar-refractivity contribution in [3.8, 4) is 0 Å². The van der Waals surface area contributed by atoms with E-state index in [9.17, 15) is 4.79 Å². The number of amides is 1. The van der Waals surface area contributed by atoms with E-state index in [0.717, 1.165) is 31.6 Å². The summed E-state index contributed by atoms with van der Waals surface area (Å²) in [5.41, 5.74) is 1.43. The van der Waals surface area contributed by atoms with Gasteiger partial charge in [0.05, 0.1) is 6.10 Å². The lowest BCUT2D eigenvalue weighted by Crippen LogP contribution is -2.31. The number of carbonyl (C=O) groups excluding carboxylic acids is 1. The molecule has 0 aliphatic carbocycles. The smallest absolute Gasteiger partial charge is 0.271 e. The van der Waals surface area contributed by atoms with Gasteiger partial charge in [0.15, 0.2) is 0 Å². The van der Waals surface area contributed by atoms with Crippen LogP contribution in [-0.2, 0) is 11.2 Å². The number of nitrogens with zero attached hydrogens (tertiary/aromatic N) is 1. The molecule has 1 saturated heterocycles. The van der Waals surface area contributed by atoms with Gasteiger partial charge in [0.1, 0.15) is 5.69 Å². The zero-order valence-corrected chi connectivity index (χ0v) is 9.45. The van der Waals surface area contributed by atoms with Crippen LogP contribution in [0.2, 0.25) is 0 Å². The Morgan fingerprint density at radius 2 is 2.62 bits per heavy atom. The number of aromatic nitrogens is 2. The molecule has 0 bridgehead atoms.